The summed E-state index contributed by atoms with van der Waals surface area (Å²) in [5, 5.41) is 164. The van der Waals surface area contributed by atoms with Crippen molar-refractivity contribution in [3.63, 3.8) is 0 Å². The van der Waals surface area contributed by atoms with Crippen LogP contribution in [0.1, 0.15) is 120 Å². The van der Waals surface area contributed by atoms with Crippen molar-refractivity contribution < 1.29 is 129 Å². The van der Waals surface area contributed by atoms with Crippen LogP contribution in [0, 0.1) is 50.2 Å². The predicted molar refractivity (Wildman–Crippen MR) is 288 cm³/mol. The molecular formula is C59H96O26. The van der Waals surface area contributed by atoms with Gasteiger partial charge < -0.3 is 124 Å². The number of aliphatic hydroxyl groups excluding tert-OH is 14. The molecule has 5 aliphatic carbocycles. The molecule has 0 radical (unpaired) electrons. The summed E-state index contributed by atoms with van der Waals surface area (Å²) in [4.78, 5) is 13.2. The average Bonchev–Trinajstić information content (AvgIpc) is 0.697. The summed E-state index contributed by atoms with van der Waals surface area (Å²) in [6, 6.07) is 0. The zero-order valence-corrected chi connectivity index (χ0v) is 49.8. The molecule has 0 aromatic rings. The van der Waals surface area contributed by atoms with Gasteiger partial charge in [0.25, 0.3) is 0 Å². The minimum absolute atomic E-state index is 0.0272. The number of hydrogen-bond donors (Lipinski definition) is 15. The standard InChI is InChI=1S/C59H96O26/c1-24-34(63)37(66)41(70)49(78-24)84-46-29(20-60)80-48(43(72)40(46)69)77-22-30-36(65)38(67)42(71)51(81-30)83-45-25(2)79-50(44(73)39(45)68)85-47-35(64)28(62)21-76-52(47)82-33-12-13-55(5)31(56(33,6)23-61)11-14-58(8)32(55)10-9-26-27-19-54(3,4)15-17-59(27,53(74)75)18-16-57(26,58)7/h9,24-25,27-52,60-73H,10-23H2,1-8H3,(H,74,75). The monoisotopic (exact) mass is 1220 g/mol. The molecule has 0 aromatic heterocycles. The Labute approximate surface area is 494 Å². The van der Waals surface area contributed by atoms with Gasteiger partial charge in [-0.1, -0.05) is 53.2 Å². The first-order chi connectivity index (χ1) is 39.8. The van der Waals surface area contributed by atoms with Gasteiger partial charge in [0.05, 0.1) is 50.2 Å². The first kappa shape index (κ1) is 66.2. The molecule has 5 heterocycles. The summed E-state index contributed by atoms with van der Waals surface area (Å²) in [6.07, 6.45) is -30.5. The van der Waals surface area contributed by atoms with E-state index < -0.39 is 184 Å². The molecule has 33 atom stereocenters. The van der Waals surface area contributed by atoms with Crippen LogP contribution in [-0.4, -0.2) is 263 Å². The molecule has 5 saturated heterocycles. The highest BCUT2D eigenvalue weighted by Crippen LogP contribution is 2.76. The fraction of sp³-hybridized carbons (Fsp3) is 0.949. The summed E-state index contributed by atoms with van der Waals surface area (Å²) in [5.41, 5.74) is -0.898. The molecule has 33 unspecified atom stereocenters. The second-order valence-electron chi connectivity index (χ2n) is 28.5. The number of aliphatic hydroxyl groups is 14. The van der Waals surface area contributed by atoms with Crippen molar-refractivity contribution in [3.8, 4) is 0 Å². The first-order valence-electron chi connectivity index (χ1n) is 30.6. The second-order valence-corrected chi connectivity index (χ2v) is 28.5. The number of allylic oxidation sites excluding steroid dienone is 2. The third-order valence-electron chi connectivity index (χ3n) is 23.2. The normalized spacial score (nSPS) is 55.3. The van der Waals surface area contributed by atoms with E-state index in [9.17, 15) is 81.4 Å². The summed E-state index contributed by atoms with van der Waals surface area (Å²) < 4.78 is 59.3. The van der Waals surface area contributed by atoms with Crippen molar-refractivity contribution in [2.24, 2.45) is 50.2 Å². The number of rotatable bonds is 14. The molecule has 26 heteroatoms. The molecule has 4 saturated carbocycles. The minimum atomic E-state index is -1.97. The van der Waals surface area contributed by atoms with Gasteiger partial charge >= 0.3 is 5.97 Å². The number of hydrogen-bond acceptors (Lipinski definition) is 25. The lowest BCUT2D eigenvalue weighted by Gasteiger charge is -2.71. The Morgan fingerprint density at radius 1 is 0.565 bits per heavy atom. The van der Waals surface area contributed by atoms with Gasteiger partial charge in [0.15, 0.2) is 31.5 Å². The van der Waals surface area contributed by atoms with Crippen LogP contribution in [0.2, 0.25) is 0 Å². The Morgan fingerprint density at radius 2 is 1.14 bits per heavy atom. The van der Waals surface area contributed by atoms with Crippen molar-refractivity contribution in [2.75, 3.05) is 26.4 Å². The van der Waals surface area contributed by atoms with Gasteiger partial charge in [0.2, 0.25) is 0 Å². The smallest absolute Gasteiger partial charge is 0.310 e. The largest absolute Gasteiger partial charge is 0.481 e. The SMILES string of the molecule is CC1OC(OC2C(CO)OC(OCC3OC(OC4C(C)OC(OC5C(OC6CCC7(C)C(CCC8(C)C7CC=C7C9CC(C)(C)CCC9(C(=O)O)CCC78C)C6(C)CO)OCC(O)C5O)C(O)C4O)C(O)C(O)C3O)C(O)C2O)C(O)C(O)C1O. The molecule has 0 spiro atoms. The van der Waals surface area contributed by atoms with Crippen LogP contribution in [-0.2, 0) is 52.2 Å². The van der Waals surface area contributed by atoms with Gasteiger partial charge in [-0.05, 0) is 117 Å². The summed E-state index contributed by atoms with van der Waals surface area (Å²) in [6.45, 7) is 14.4. The van der Waals surface area contributed by atoms with Crippen molar-refractivity contribution in [1.82, 2.24) is 0 Å². The van der Waals surface area contributed by atoms with Gasteiger partial charge in [-0.25, -0.2) is 0 Å². The van der Waals surface area contributed by atoms with E-state index in [1.165, 1.54) is 19.4 Å². The van der Waals surface area contributed by atoms with Crippen LogP contribution in [0.15, 0.2) is 11.6 Å². The van der Waals surface area contributed by atoms with E-state index in [4.69, 9.17) is 47.4 Å². The third-order valence-corrected chi connectivity index (χ3v) is 23.2. The Hall–Kier alpha value is -1.75. The average molecular weight is 1220 g/mol. The molecular weight excluding hydrogens is 1120 g/mol. The van der Waals surface area contributed by atoms with E-state index in [-0.39, 0.29) is 52.6 Å². The van der Waals surface area contributed by atoms with E-state index in [2.05, 4.69) is 40.7 Å². The van der Waals surface area contributed by atoms with Crippen LogP contribution >= 0.6 is 0 Å². The molecule has 488 valence electrons. The lowest BCUT2D eigenvalue weighted by atomic mass is 9.33. The zero-order chi connectivity index (χ0) is 62.0. The molecule has 10 rings (SSSR count). The van der Waals surface area contributed by atoms with E-state index in [0.29, 0.717) is 19.3 Å². The predicted octanol–water partition coefficient (Wildman–Crippen LogP) is -1.98. The van der Waals surface area contributed by atoms with Gasteiger partial charge in [-0.15, -0.1) is 0 Å². The molecule has 0 amide bonds. The van der Waals surface area contributed by atoms with Crippen LogP contribution in [0.5, 0.6) is 0 Å². The molecule has 15 N–H and O–H groups in total. The van der Waals surface area contributed by atoms with Crippen LogP contribution < -0.4 is 0 Å². The Morgan fingerprint density at radius 3 is 1.80 bits per heavy atom. The number of carboxylic acid groups (broad SMARTS) is 1. The van der Waals surface area contributed by atoms with Crippen LogP contribution in [0.4, 0.5) is 0 Å². The zero-order valence-electron chi connectivity index (χ0n) is 49.8. The van der Waals surface area contributed by atoms with Gasteiger partial charge in [-0.2, -0.15) is 0 Å². The maximum absolute atomic E-state index is 13.2. The van der Waals surface area contributed by atoms with E-state index in [1.54, 1.807) is 0 Å². The van der Waals surface area contributed by atoms with Crippen molar-refractivity contribution >= 4 is 5.97 Å². The third kappa shape index (κ3) is 11.1. The molecule has 0 aromatic carbocycles. The van der Waals surface area contributed by atoms with E-state index in [0.717, 1.165) is 44.9 Å². The minimum Gasteiger partial charge on any atom is -0.481 e. The summed E-state index contributed by atoms with van der Waals surface area (Å²) in [5.74, 6) is -0.545. The molecule has 26 nitrogen and oxygen atoms in total. The van der Waals surface area contributed by atoms with Gasteiger partial charge in [0.1, 0.15) is 104 Å². The second kappa shape index (κ2) is 24.4. The maximum Gasteiger partial charge on any atom is 0.310 e. The summed E-state index contributed by atoms with van der Waals surface area (Å²) >= 11 is 0. The number of carboxylic acids is 1. The van der Waals surface area contributed by atoms with E-state index in [1.807, 2.05) is 6.92 Å². The lowest BCUT2D eigenvalue weighted by molar-refractivity contribution is -0.384. The quantitative estimate of drug-likeness (QED) is 0.0662. The molecule has 9 fully saturated rings. The van der Waals surface area contributed by atoms with Gasteiger partial charge in [-0.3, -0.25) is 4.79 Å². The first-order valence-corrected chi connectivity index (χ1v) is 30.6. The number of carbonyl (C=O) groups is 1. The molecule has 0 bridgehead atoms. The van der Waals surface area contributed by atoms with E-state index >= 15 is 0 Å². The van der Waals surface area contributed by atoms with Crippen LogP contribution in [0.25, 0.3) is 0 Å². The molecule has 5 aliphatic heterocycles. The molecule has 10 aliphatic rings. The number of aliphatic carboxylic acids is 1. The van der Waals surface area contributed by atoms with Crippen molar-refractivity contribution in [3.05, 3.63) is 11.6 Å². The lowest BCUT2D eigenvalue weighted by Crippen LogP contribution is -2.67. The van der Waals surface area contributed by atoms with Crippen molar-refractivity contribution in [1.29, 1.82) is 0 Å². The van der Waals surface area contributed by atoms with Crippen molar-refractivity contribution in [2.45, 2.75) is 273 Å². The fourth-order valence-electron chi connectivity index (χ4n) is 17.7. The fourth-order valence-corrected chi connectivity index (χ4v) is 17.7. The van der Waals surface area contributed by atoms with Crippen LogP contribution in [0.3, 0.4) is 0 Å². The van der Waals surface area contributed by atoms with Gasteiger partial charge in [0, 0.05) is 5.41 Å². The number of fused-ring (bicyclic) bond motifs is 7. The number of ether oxygens (including phenoxy) is 10. The highest BCUT2D eigenvalue weighted by atomic mass is 16.8. The Bertz CT molecular complexity index is 2370. The highest BCUT2D eigenvalue weighted by molar-refractivity contribution is 5.76. The topological polar surface area (TPSA) is 413 Å². The Kier molecular flexibility index (Phi) is 19.0. The molecule has 85 heavy (non-hydrogen) atoms. The Balaban J connectivity index is 0.778. The summed E-state index contributed by atoms with van der Waals surface area (Å²) in [7, 11) is 0. The highest BCUT2D eigenvalue weighted by Gasteiger charge is 2.70. The maximum atomic E-state index is 13.2.